The smallest absolute Gasteiger partial charge is 0.256 e. The molecule has 2 aromatic rings. The third-order valence-electron chi connectivity index (χ3n) is 3.95. The summed E-state index contributed by atoms with van der Waals surface area (Å²) in [7, 11) is 0. The first-order valence-electron chi connectivity index (χ1n) is 8.15. The van der Waals surface area contributed by atoms with Crippen molar-refractivity contribution in [1.82, 2.24) is 10.3 Å². The Labute approximate surface area is 154 Å². The number of nitrogens with zero attached hydrogens (tertiary/aromatic N) is 1. The number of thiocarbonyl (C=S) groups is 1. The summed E-state index contributed by atoms with van der Waals surface area (Å²) in [5.74, 6) is 0.298. The van der Waals surface area contributed by atoms with Crippen LogP contribution in [0.25, 0.3) is 0 Å². The number of amides is 1. The molecule has 1 aromatic carbocycles. The molecule has 0 bridgehead atoms. The Kier molecular flexibility index (Phi) is 6.09. The molecule has 1 atom stereocenters. The second-order valence-electron chi connectivity index (χ2n) is 6.94. The van der Waals surface area contributed by atoms with Crippen LogP contribution in [0, 0.1) is 5.41 Å². The van der Waals surface area contributed by atoms with Gasteiger partial charge >= 0.3 is 0 Å². The van der Waals surface area contributed by atoms with Crippen molar-refractivity contribution >= 4 is 34.7 Å². The average Bonchev–Trinajstić information content (AvgIpc) is 2.56. The largest absolute Gasteiger partial charge is 0.359 e. The predicted molar refractivity (Wildman–Crippen MR) is 107 cm³/mol. The van der Waals surface area contributed by atoms with Gasteiger partial charge in [0.05, 0.1) is 11.9 Å². The summed E-state index contributed by atoms with van der Waals surface area (Å²) in [5, 5.41) is 9.67. The first-order chi connectivity index (χ1) is 11.8. The Hall–Kier alpha value is -2.47. The molecule has 0 fully saturated rings. The molecule has 5 nitrogen and oxygen atoms in total. The van der Waals surface area contributed by atoms with E-state index in [0.717, 1.165) is 5.69 Å². The Morgan fingerprint density at radius 2 is 1.76 bits per heavy atom. The van der Waals surface area contributed by atoms with Gasteiger partial charge in [-0.15, -0.1) is 0 Å². The molecular weight excluding hydrogens is 332 g/mol. The number of rotatable bonds is 4. The van der Waals surface area contributed by atoms with Crippen LogP contribution in [0.15, 0.2) is 48.7 Å². The van der Waals surface area contributed by atoms with Gasteiger partial charge in [-0.05, 0) is 48.8 Å². The van der Waals surface area contributed by atoms with E-state index in [4.69, 9.17) is 12.2 Å². The molecule has 0 aliphatic rings. The zero-order chi connectivity index (χ0) is 18.4. The lowest BCUT2D eigenvalue weighted by atomic mass is 9.88. The molecule has 0 aliphatic carbocycles. The van der Waals surface area contributed by atoms with Crippen LogP contribution in [-0.2, 0) is 0 Å². The molecule has 1 aromatic heterocycles. The summed E-state index contributed by atoms with van der Waals surface area (Å²) < 4.78 is 0. The monoisotopic (exact) mass is 356 g/mol. The number of aromatic nitrogens is 1. The maximum atomic E-state index is 12.1. The van der Waals surface area contributed by atoms with E-state index in [1.54, 1.807) is 24.4 Å². The predicted octanol–water partition coefficient (Wildman–Crippen LogP) is 4.05. The van der Waals surface area contributed by atoms with E-state index in [1.807, 2.05) is 24.3 Å². The summed E-state index contributed by atoms with van der Waals surface area (Å²) in [6, 6.07) is 12.8. The number of hydrogen-bond acceptors (Lipinski definition) is 3. The molecule has 0 radical (unpaired) electrons. The van der Waals surface area contributed by atoms with E-state index >= 15 is 0 Å². The summed E-state index contributed by atoms with van der Waals surface area (Å²) in [4.78, 5) is 16.3. The van der Waals surface area contributed by atoms with Crippen LogP contribution in [-0.4, -0.2) is 22.0 Å². The minimum absolute atomic E-state index is 0.107. The summed E-state index contributed by atoms with van der Waals surface area (Å²) in [6.07, 6.45) is 1.64. The Bertz CT molecular complexity index is 723. The molecule has 0 aliphatic heterocycles. The SMILES string of the molecule is CC(NC(=S)Nc1ccc(NC(=O)c2ccccc2)nc1)C(C)(C)C. The van der Waals surface area contributed by atoms with Gasteiger partial charge < -0.3 is 16.0 Å². The fourth-order valence-electron chi connectivity index (χ4n) is 1.90. The van der Waals surface area contributed by atoms with Crippen molar-refractivity contribution in [1.29, 1.82) is 0 Å². The minimum Gasteiger partial charge on any atom is -0.359 e. The zero-order valence-electron chi connectivity index (χ0n) is 15.0. The normalized spacial score (nSPS) is 12.2. The zero-order valence-corrected chi connectivity index (χ0v) is 15.8. The van der Waals surface area contributed by atoms with Crippen molar-refractivity contribution in [2.45, 2.75) is 33.7 Å². The molecular formula is C19H24N4OS. The lowest BCUT2D eigenvalue weighted by Gasteiger charge is -2.29. The molecule has 132 valence electrons. The van der Waals surface area contributed by atoms with Crippen LogP contribution < -0.4 is 16.0 Å². The quantitative estimate of drug-likeness (QED) is 0.721. The second-order valence-corrected chi connectivity index (χ2v) is 7.35. The topological polar surface area (TPSA) is 66.0 Å². The highest BCUT2D eigenvalue weighted by Gasteiger charge is 2.20. The van der Waals surface area contributed by atoms with Gasteiger partial charge in [0.25, 0.3) is 5.91 Å². The minimum atomic E-state index is -0.190. The number of nitrogens with one attached hydrogen (secondary N) is 3. The number of anilines is 2. The van der Waals surface area contributed by atoms with Crippen LogP contribution in [0.3, 0.4) is 0 Å². The van der Waals surface area contributed by atoms with Gasteiger partial charge in [0, 0.05) is 11.6 Å². The van der Waals surface area contributed by atoms with Crippen LogP contribution in [0.5, 0.6) is 0 Å². The lowest BCUT2D eigenvalue weighted by Crippen LogP contribution is -2.43. The van der Waals surface area contributed by atoms with E-state index < -0.39 is 0 Å². The highest BCUT2D eigenvalue weighted by Crippen LogP contribution is 2.18. The van der Waals surface area contributed by atoms with Crippen molar-refractivity contribution in [3.05, 3.63) is 54.2 Å². The molecule has 0 saturated carbocycles. The van der Waals surface area contributed by atoms with E-state index in [0.29, 0.717) is 16.5 Å². The van der Waals surface area contributed by atoms with Gasteiger partial charge in [-0.1, -0.05) is 39.0 Å². The van der Waals surface area contributed by atoms with Crippen molar-refractivity contribution < 1.29 is 4.79 Å². The van der Waals surface area contributed by atoms with E-state index in [2.05, 4.69) is 48.6 Å². The molecule has 1 amide bonds. The first kappa shape index (κ1) is 18.9. The van der Waals surface area contributed by atoms with Gasteiger partial charge in [-0.2, -0.15) is 0 Å². The van der Waals surface area contributed by atoms with E-state index in [9.17, 15) is 4.79 Å². The fraction of sp³-hybridized carbons (Fsp3) is 0.316. The molecule has 6 heteroatoms. The number of pyridine rings is 1. The van der Waals surface area contributed by atoms with Gasteiger partial charge in [-0.25, -0.2) is 4.98 Å². The maximum Gasteiger partial charge on any atom is 0.256 e. The van der Waals surface area contributed by atoms with Gasteiger partial charge in [-0.3, -0.25) is 4.79 Å². The fourth-order valence-corrected chi connectivity index (χ4v) is 2.19. The third kappa shape index (κ3) is 5.83. The van der Waals surface area contributed by atoms with Crippen molar-refractivity contribution in [2.75, 3.05) is 10.6 Å². The van der Waals surface area contributed by atoms with Crippen molar-refractivity contribution in [2.24, 2.45) is 5.41 Å². The Morgan fingerprint density at radius 3 is 2.32 bits per heavy atom. The standard InChI is InChI=1S/C19H24N4OS/c1-13(19(2,3)4)21-18(25)22-15-10-11-16(20-12-15)23-17(24)14-8-6-5-7-9-14/h5-13H,1-4H3,(H,20,23,24)(H2,21,22,25). The summed E-state index contributed by atoms with van der Waals surface area (Å²) in [5.41, 5.74) is 1.46. The molecule has 1 unspecified atom stereocenters. The second kappa shape index (κ2) is 8.07. The highest BCUT2D eigenvalue weighted by atomic mass is 32.1. The number of carbonyl (C=O) groups is 1. The molecule has 2 rings (SSSR count). The van der Waals surface area contributed by atoms with Gasteiger partial charge in [0.15, 0.2) is 5.11 Å². The number of carbonyl (C=O) groups excluding carboxylic acids is 1. The molecule has 25 heavy (non-hydrogen) atoms. The highest BCUT2D eigenvalue weighted by molar-refractivity contribution is 7.80. The van der Waals surface area contributed by atoms with Crippen LogP contribution in [0.1, 0.15) is 38.1 Å². The van der Waals surface area contributed by atoms with Crippen LogP contribution >= 0.6 is 12.2 Å². The van der Waals surface area contributed by atoms with Crippen molar-refractivity contribution in [3.63, 3.8) is 0 Å². The van der Waals surface area contributed by atoms with Crippen LogP contribution in [0.2, 0.25) is 0 Å². The van der Waals surface area contributed by atoms with Crippen LogP contribution in [0.4, 0.5) is 11.5 Å². The third-order valence-corrected chi connectivity index (χ3v) is 4.17. The molecule has 0 spiro atoms. The van der Waals surface area contributed by atoms with Gasteiger partial charge in [0.1, 0.15) is 5.82 Å². The molecule has 3 N–H and O–H groups in total. The summed E-state index contributed by atoms with van der Waals surface area (Å²) >= 11 is 5.33. The molecule has 0 saturated heterocycles. The van der Waals surface area contributed by atoms with Crippen molar-refractivity contribution in [3.8, 4) is 0 Å². The Morgan fingerprint density at radius 1 is 1.08 bits per heavy atom. The number of hydrogen-bond donors (Lipinski definition) is 3. The first-order valence-corrected chi connectivity index (χ1v) is 8.56. The molecule has 1 heterocycles. The van der Waals surface area contributed by atoms with E-state index in [-0.39, 0.29) is 17.4 Å². The summed E-state index contributed by atoms with van der Waals surface area (Å²) in [6.45, 7) is 8.55. The Balaban J connectivity index is 1.91. The van der Waals surface area contributed by atoms with Gasteiger partial charge in [0.2, 0.25) is 0 Å². The maximum absolute atomic E-state index is 12.1. The average molecular weight is 356 g/mol. The van der Waals surface area contributed by atoms with E-state index in [1.165, 1.54) is 0 Å². The lowest BCUT2D eigenvalue weighted by molar-refractivity contribution is 0.102. The number of benzene rings is 1.